The van der Waals surface area contributed by atoms with E-state index in [0.717, 1.165) is 22.7 Å². The number of benzene rings is 1. The van der Waals surface area contributed by atoms with Crippen molar-refractivity contribution in [1.82, 2.24) is 9.55 Å². The molecule has 0 fully saturated rings. The molecule has 0 amide bonds. The highest BCUT2D eigenvalue weighted by atomic mass is 16.5. The van der Waals surface area contributed by atoms with Crippen molar-refractivity contribution < 1.29 is 4.74 Å². The molecule has 96 valence electrons. The van der Waals surface area contributed by atoms with Gasteiger partial charge in [-0.25, -0.2) is 4.98 Å². The average Bonchev–Trinajstić information content (AvgIpc) is 2.76. The third-order valence-electron chi connectivity index (χ3n) is 2.88. The van der Waals surface area contributed by atoms with Crippen LogP contribution >= 0.6 is 0 Å². The molecule has 0 radical (unpaired) electrons. The van der Waals surface area contributed by atoms with Gasteiger partial charge in [0.25, 0.3) is 0 Å². The number of ether oxygens (including phenoxy) is 1. The van der Waals surface area contributed by atoms with Crippen molar-refractivity contribution in [2.45, 2.75) is 33.4 Å². The number of aromatic nitrogens is 2. The van der Waals surface area contributed by atoms with Crippen LogP contribution in [0.2, 0.25) is 0 Å². The van der Waals surface area contributed by atoms with E-state index in [4.69, 9.17) is 10.5 Å². The SMILES string of the molecule is Cc1cc(N)ccc1OCc1cncn1C(C)C. The smallest absolute Gasteiger partial charge is 0.130 e. The van der Waals surface area contributed by atoms with Crippen molar-refractivity contribution in [1.29, 1.82) is 0 Å². The van der Waals surface area contributed by atoms with Crippen molar-refractivity contribution in [3.05, 3.63) is 42.0 Å². The number of anilines is 1. The summed E-state index contributed by atoms with van der Waals surface area (Å²) in [5.74, 6) is 0.862. The van der Waals surface area contributed by atoms with Crippen LogP contribution in [0.1, 0.15) is 31.1 Å². The topological polar surface area (TPSA) is 53.1 Å². The summed E-state index contributed by atoms with van der Waals surface area (Å²) in [6, 6.07) is 6.05. The van der Waals surface area contributed by atoms with Crippen LogP contribution < -0.4 is 10.5 Å². The lowest BCUT2D eigenvalue weighted by atomic mass is 10.2. The third-order valence-corrected chi connectivity index (χ3v) is 2.88. The predicted molar refractivity (Wildman–Crippen MR) is 72.5 cm³/mol. The van der Waals surface area contributed by atoms with E-state index in [-0.39, 0.29) is 0 Å². The highest BCUT2D eigenvalue weighted by Gasteiger charge is 2.07. The highest BCUT2D eigenvalue weighted by molar-refractivity contribution is 5.47. The lowest BCUT2D eigenvalue weighted by Crippen LogP contribution is -2.07. The molecular weight excluding hydrogens is 226 g/mol. The van der Waals surface area contributed by atoms with Gasteiger partial charge in [-0.2, -0.15) is 0 Å². The van der Waals surface area contributed by atoms with Gasteiger partial charge in [-0.1, -0.05) is 0 Å². The highest BCUT2D eigenvalue weighted by Crippen LogP contribution is 2.21. The van der Waals surface area contributed by atoms with Gasteiger partial charge in [0.1, 0.15) is 12.4 Å². The van der Waals surface area contributed by atoms with Crippen molar-refractivity contribution in [2.24, 2.45) is 0 Å². The van der Waals surface area contributed by atoms with Crippen LogP contribution in [0, 0.1) is 6.92 Å². The molecule has 4 nitrogen and oxygen atoms in total. The number of imidazole rings is 1. The Bertz CT molecular complexity index is 532. The fourth-order valence-electron chi connectivity index (χ4n) is 1.90. The van der Waals surface area contributed by atoms with Gasteiger partial charge in [-0.3, -0.25) is 0 Å². The minimum Gasteiger partial charge on any atom is -0.487 e. The maximum absolute atomic E-state index is 5.81. The molecular formula is C14H19N3O. The Hall–Kier alpha value is -1.97. The molecule has 1 aromatic heterocycles. The van der Waals surface area contributed by atoms with Crippen LogP contribution in [0.3, 0.4) is 0 Å². The van der Waals surface area contributed by atoms with Gasteiger partial charge in [0, 0.05) is 11.7 Å². The molecule has 0 saturated heterocycles. The van der Waals surface area contributed by atoms with Crippen LogP contribution in [-0.2, 0) is 6.61 Å². The number of hydrogen-bond acceptors (Lipinski definition) is 3. The van der Waals surface area contributed by atoms with E-state index in [1.807, 2.05) is 37.6 Å². The number of nitrogens with zero attached hydrogens (tertiary/aromatic N) is 2. The summed E-state index contributed by atoms with van der Waals surface area (Å²) < 4.78 is 7.91. The number of hydrogen-bond donors (Lipinski definition) is 1. The quantitative estimate of drug-likeness (QED) is 0.843. The van der Waals surface area contributed by atoms with E-state index >= 15 is 0 Å². The van der Waals surface area contributed by atoms with Crippen LogP contribution in [0.4, 0.5) is 5.69 Å². The zero-order valence-corrected chi connectivity index (χ0v) is 11.1. The molecule has 1 heterocycles. The summed E-state index contributed by atoms with van der Waals surface area (Å²) >= 11 is 0. The second-order valence-electron chi connectivity index (χ2n) is 4.70. The normalized spacial score (nSPS) is 10.9. The van der Waals surface area contributed by atoms with Crippen molar-refractivity contribution in [3.8, 4) is 5.75 Å². The van der Waals surface area contributed by atoms with Gasteiger partial charge in [0.15, 0.2) is 0 Å². The van der Waals surface area contributed by atoms with Gasteiger partial charge < -0.3 is 15.0 Å². The lowest BCUT2D eigenvalue weighted by Gasteiger charge is -2.13. The van der Waals surface area contributed by atoms with Crippen molar-refractivity contribution in [2.75, 3.05) is 5.73 Å². The number of nitrogen functional groups attached to an aromatic ring is 1. The van der Waals surface area contributed by atoms with Gasteiger partial charge in [-0.15, -0.1) is 0 Å². The molecule has 0 aliphatic heterocycles. The molecule has 0 unspecified atom stereocenters. The molecule has 1 aromatic carbocycles. The van der Waals surface area contributed by atoms with E-state index in [1.165, 1.54) is 0 Å². The predicted octanol–water partition coefficient (Wildman–Crippen LogP) is 2.93. The van der Waals surface area contributed by atoms with Crippen LogP contribution in [0.5, 0.6) is 5.75 Å². The Morgan fingerprint density at radius 2 is 2.17 bits per heavy atom. The van der Waals surface area contributed by atoms with Crippen LogP contribution in [0.15, 0.2) is 30.7 Å². The maximum atomic E-state index is 5.81. The Morgan fingerprint density at radius 1 is 1.39 bits per heavy atom. The number of aryl methyl sites for hydroxylation is 1. The van der Waals surface area contributed by atoms with E-state index < -0.39 is 0 Å². The molecule has 2 aromatic rings. The van der Waals surface area contributed by atoms with E-state index in [2.05, 4.69) is 23.4 Å². The lowest BCUT2D eigenvalue weighted by molar-refractivity contribution is 0.290. The monoisotopic (exact) mass is 245 g/mol. The number of rotatable bonds is 4. The minimum atomic E-state index is 0.388. The Kier molecular flexibility index (Phi) is 3.55. The maximum Gasteiger partial charge on any atom is 0.130 e. The molecule has 0 bridgehead atoms. The minimum absolute atomic E-state index is 0.388. The molecule has 2 rings (SSSR count). The zero-order chi connectivity index (χ0) is 13.1. The summed E-state index contributed by atoms with van der Waals surface area (Å²) in [6.07, 6.45) is 3.67. The first-order valence-electron chi connectivity index (χ1n) is 6.07. The summed E-state index contributed by atoms with van der Waals surface area (Å²) in [6.45, 7) is 6.76. The van der Waals surface area contributed by atoms with Crippen LogP contribution in [0.25, 0.3) is 0 Å². The fraction of sp³-hybridized carbons (Fsp3) is 0.357. The van der Waals surface area contributed by atoms with Gasteiger partial charge >= 0.3 is 0 Å². The standard InChI is InChI=1S/C14H19N3O/c1-10(2)17-9-16-7-13(17)8-18-14-5-4-12(15)6-11(14)3/h4-7,9-10H,8,15H2,1-3H3. The molecule has 0 atom stereocenters. The summed E-state index contributed by atoms with van der Waals surface area (Å²) in [5, 5.41) is 0. The molecule has 0 saturated carbocycles. The summed E-state index contributed by atoms with van der Waals surface area (Å²) in [5.41, 5.74) is 8.59. The van der Waals surface area contributed by atoms with Gasteiger partial charge in [-0.05, 0) is 44.5 Å². The van der Waals surface area contributed by atoms with Crippen molar-refractivity contribution >= 4 is 5.69 Å². The van der Waals surface area contributed by atoms with Gasteiger partial charge in [0.2, 0.25) is 0 Å². The first-order valence-corrected chi connectivity index (χ1v) is 6.07. The third kappa shape index (κ3) is 2.64. The Morgan fingerprint density at radius 3 is 2.83 bits per heavy atom. The fourth-order valence-corrected chi connectivity index (χ4v) is 1.90. The first-order chi connectivity index (χ1) is 8.58. The molecule has 18 heavy (non-hydrogen) atoms. The van der Waals surface area contributed by atoms with Gasteiger partial charge in [0.05, 0.1) is 18.2 Å². The molecule has 0 spiro atoms. The van der Waals surface area contributed by atoms with Crippen molar-refractivity contribution in [3.63, 3.8) is 0 Å². The zero-order valence-electron chi connectivity index (χ0n) is 11.1. The van der Waals surface area contributed by atoms with E-state index in [9.17, 15) is 0 Å². The Balaban J connectivity index is 2.09. The molecule has 0 aliphatic carbocycles. The largest absolute Gasteiger partial charge is 0.487 e. The molecule has 2 N–H and O–H groups in total. The second-order valence-corrected chi connectivity index (χ2v) is 4.70. The average molecular weight is 245 g/mol. The first kappa shape index (κ1) is 12.5. The molecule has 4 heteroatoms. The van der Waals surface area contributed by atoms with Crippen LogP contribution in [-0.4, -0.2) is 9.55 Å². The summed E-state index contributed by atoms with van der Waals surface area (Å²) in [7, 11) is 0. The van der Waals surface area contributed by atoms with E-state index in [1.54, 1.807) is 0 Å². The second kappa shape index (κ2) is 5.12. The number of nitrogens with two attached hydrogens (primary N) is 1. The van der Waals surface area contributed by atoms with E-state index in [0.29, 0.717) is 12.6 Å². The summed E-state index contributed by atoms with van der Waals surface area (Å²) in [4.78, 5) is 4.16. The molecule has 0 aliphatic rings. The Labute approximate surface area is 107 Å².